The van der Waals surface area contributed by atoms with Crippen molar-refractivity contribution in [2.24, 2.45) is 0 Å². The lowest BCUT2D eigenvalue weighted by Gasteiger charge is -2.38. The van der Waals surface area contributed by atoms with E-state index in [-0.39, 0.29) is 5.60 Å². The van der Waals surface area contributed by atoms with Gasteiger partial charge in [0.05, 0.1) is 24.5 Å². The number of ether oxygens (including phenoxy) is 1. The summed E-state index contributed by atoms with van der Waals surface area (Å²) in [5.74, 6) is 0. The minimum absolute atomic E-state index is 0.145. The summed E-state index contributed by atoms with van der Waals surface area (Å²) in [5.41, 5.74) is 1.09. The second-order valence-corrected chi connectivity index (χ2v) is 8.62. The van der Waals surface area contributed by atoms with E-state index in [1.165, 1.54) is 11.9 Å². The van der Waals surface area contributed by atoms with Crippen molar-refractivity contribution in [2.75, 3.05) is 37.4 Å². The maximum atomic E-state index is 11.7. The van der Waals surface area contributed by atoms with Crippen molar-refractivity contribution in [1.29, 1.82) is 0 Å². The van der Waals surface area contributed by atoms with Crippen molar-refractivity contribution < 1.29 is 13.2 Å². The van der Waals surface area contributed by atoms with Crippen LogP contribution in [0.15, 0.2) is 30.3 Å². The van der Waals surface area contributed by atoms with Crippen LogP contribution in [0.1, 0.15) is 26.2 Å². The fourth-order valence-corrected chi connectivity index (χ4v) is 4.71. The molecule has 0 radical (unpaired) electrons. The predicted molar refractivity (Wildman–Crippen MR) is 92.2 cm³/mol. The Morgan fingerprint density at radius 2 is 1.91 bits per heavy atom. The molecule has 1 spiro atoms. The molecule has 0 N–H and O–H groups in total. The summed E-state index contributed by atoms with van der Waals surface area (Å²) in [5, 5.41) is 0. The van der Waals surface area contributed by atoms with Crippen LogP contribution in [-0.4, -0.2) is 56.9 Å². The van der Waals surface area contributed by atoms with Crippen LogP contribution in [0.5, 0.6) is 0 Å². The van der Waals surface area contributed by atoms with Crippen LogP contribution in [0.2, 0.25) is 0 Å². The molecule has 23 heavy (non-hydrogen) atoms. The molecule has 0 aliphatic carbocycles. The van der Waals surface area contributed by atoms with Crippen molar-refractivity contribution in [3.05, 3.63) is 30.3 Å². The average Bonchev–Trinajstić information content (AvgIpc) is 2.92. The van der Waals surface area contributed by atoms with Gasteiger partial charge in [-0.05, 0) is 38.3 Å². The number of hydrogen-bond donors (Lipinski definition) is 0. The molecule has 2 aliphatic rings. The number of hydrogen-bond acceptors (Lipinski definition) is 4. The van der Waals surface area contributed by atoms with Gasteiger partial charge >= 0.3 is 0 Å². The first kappa shape index (κ1) is 16.7. The van der Waals surface area contributed by atoms with Gasteiger partial charge in [-0.25, -0.2) is 12.7 Å². The quantitative estimate of drug-likeness (QED) is 0.844. The molecule has 2 saturated heterocycles. The molecule has 2 fully saturated rings. The van der Waals surface area contributed by atoms with Gasteiger partial charge in [0, 0.05) is 25.3 Å². The van der Waals surface area contributed by atoms with Gasteiger partial charge in [-0.3, -0.25) is 0 Å². The number of nitrogens with zero attached hydrogens (tertiary/aromatic N) is 2. The highest BCUT2D eigenvalue weighted by atomic mass is 32.2. The van der Waals surface area contributed by atoms with E-state index >= 15 is 0 Å². The molecule has 0 aromatic heterocycles. The summed E-state index contributed by atoms with van der Waals surface area (Å²) in [6, 6.07) is 10.8. The first-order valence-electron chi connectivity index (χ1n) is 8.34. The average molecular weight is 338 g/mol. The Morgan fingerprint density at radius 1 is 1.26 bits per heavy atom. The van der Waals surface area contributed by atoms with Crippen LogP contribution in [-0.2, 0) is 14.8 Å². The number of rotatable bonds is 4. The molecule has 1 unspecified atom stereocenters. The Labute approximate surface area is 139 Å². The maximum absolute atomic E-state index is 11.7. The highest BCUT2D eigenvalue weighted by Gasteiger charge is 2.45. The van der Waals surface area contributed by atoms with E-state index in [1.54, 1.807) is 4.31 Å². The molecule has 0 bridgehead atoms. The molecular formula is C17H26N2O3S. The number of para-hydroxylation sites is 1. The molecular weight excluding hydrogens is 312 g/mol. The SMILES string of the molecule is CCN(c1ccccc1)C1COC2(CCN(S(C)(=O)=O)CC2)C1. The smallest absolute Gasteiger partial charge is 0.211 e. The highest BCUT2D eigenvalue weighted by molar-refractivity contribution is 7.88. The maximum Gasteiger partial charge on any atom is 0.211 e. The topological polar surface area (TPSA) is 49.9 Å². The lowest BCUT2D eigenvalue weighted by Crippen LogP contribution is -2.46. The standard InChI is InChI=1S/C17H26N2O3S/c1-3-19(15-7-5-4-6-8-15)16-13-17(22-14-16)9-11-18(12-10-17)23(2,20)21/h4-8,16H,3,9-14H2,1-2H3. The molecule has 0 saturated carbocycles. The molecule has 3 rings (SSSR count). The second-order valence-electron chi connectivity index (χ2n) is 6.64. The van der Waals surface area contributed by atoms with Crippen molar-refractivity contribution >= 4 is 15.7 Å². The fraction of sp³-hybridized carbons (Fsp3) is 0.647. The summed E-state index contributed by atoms with van der Waals surface area (Å²) in [6.45, 7) is 4.99. The van der Waals surface area contributed by atoms with E-state index in [0.29, 0.717) is 19.1 Å². The minimum Gasteiger partial charge on any atom is -0.373 e. The zero-order valence-corrected chi connectivity index (χ0v) is 14.8. The van der Waals surface area contributed by atoms with Crippen molar-refractivity contribution in [3.63, 3.8) is 0 Å². The van der Waals surface area contributed by atoms with E-state index in [1.807, 2.05) is 6.07 Å². The number of sulfonamides is 1. The lowest BCUT2D eigenvalue weighted by molar-refractivity contribution is -0.0310. The van der Waals surface area contributed by atoms with Gasteiger partial charge in [-0.2, -0.15) is 0 Å². The van der Waals surface area contributed by atoms with Gasteiger partial charge in [0.15, 0.2) is 0 Å². The third-order valence-corrected chi connectivity index (χ3v) is 6.46. The third-order valence-electron chi connectivity index (χ3n) is 5.16. The van der Waals surface area contributed by atoms with Gasteiger partial charge in [0.2, 0.25) is 10.0 Å². The Bertz CT molecular complexity index is 624. The molecule has 1 aromatic rings. The van der Waals surface area contributed by atoms with Crippen LogP contribution < -0.4 is 4.90 Å². The van der Waals surface area contributed by atoms with Crippen molar-refractivity contribution in [3.8, 4) is 0 Å². The van der Waals surface area contributed by atoms with Crippen LogP contribution in [0, 0.1) is 0 Å². The zero-order chi connectivity index (χ0) is 16.5. The summed E-state index contributed by atoms with van der Waals surface area (Å²) in [4.78, 5) is 2.40. The first-order valence-corrected chi connectivity index (χ1v) is 10.2. The van der Waals surface area contributed by atoms with Gasteiger partial charge in [-0.1, -0.05) is 18.2 Å². The number of benzene rings is 1. The van der Waals surface area contributed by atoms with Gasteiger partial charge in [0.1, 0.15) is 0 Å². The summed E-state index contributed by atoms with van der Waals surface area (Å²) >= 11 is 0. The normalized spacial score (nSPS) is 24.9. The summed E-state index contributed by atoms with van der Waals surface area (Å²) in [6.07, 6.45) is 3.86. The van der Waals surface area contributed by atoms with E-state index in [9.17, 15) is 8.42 Å². The molecule has 2 aliphatic heterocycles. The van der Waals surface area contributed by atoms with Crippen LogP contribution in [0.4, 0.5) is 5.69 Å². The zero-order valence-electron chi connectivity index (χ0n) is 13.9. The molecule has 128 valence electrons. The molecule has 0 amide bonds. The van der Waals surface area contributed by atoms with Gasteiger partial charge < -0.3 is 9.64 Å². The number of anilines is 1. The van der Waals surface area contributed by atoms with Crippen LogP contribution in [0.3, 0.4) is 0 Å². The van der Waals surface area contributed by atoms with Gasteiger partial charge in [0.25, 0.3) is 0 Å². The van der Waals surface area contributed by atoms with Crippen molar-refractivity contribution in [1.82, 2.24) is 4.31 Å². The summed E-state index contributed by atoms with van der Waals surface area (Å²) < 4.78 is 31.1. The largest absolute Gasteiger partial charge is 0.373 e. The molecule has 5 nitrogen and oxygen atoms in total. The third kappa shape index (κ3) is 3.54. The predicted octanol–water partition coefficient (Wildman–Crippen LogP) is 2.10. The Kier molecular flexibility index (Phi) is 4.67. The number of likely N-dealkylation sites (N-methyl/N-ethyl adjacent to an activating group) is 1. The first-order chi connectivity index (χ1) is 10.9. The molecule has 6 heteroatoms. The second kappa shape index (κ2) is 6.42. The molecule has 1 aromatic carbocycles. The number of piperidine rings is 1. The minimum atomic E-state index is -3.08. The Hall–Kier alpha value is -1.11. The molecule has 2 heterocycles. The molecule has 1 atom stereocenters. The van der Waals surface area contributed by atoms with Crippen LogP contribution >= 0.6 is 0 Å². The lowest BCUT2D eigenvalue weighted by atomic mass is 9.88. The van der Waals surface area contributed by atoms with Crippen molar-refractivity contribution in [2.45, 2.75) is 37.8 Å². The van der Waals surface area contributed by atoms with Gasteiger partial charge in [-0.15, -0.1) is 0 Å². The highest BCUT2D eigenvalue weighted by Crippen LogP contribution is 2.39. The van der Waals surface area contributed by atoms with E-state index in [0.717, 1.165) is 32.4 Å². The Morgan fingerprint density at radius 3 is 2.48 bits per heavy atom. The summed E-state index contributed by atoms with van der Waals surface area (Å²) in [7, 11) is -3.08. The fourth-order valence-electron chi connectivity index (χ4n) is 3.87. The van der Waals surface area contributed by atoms with E-state index < -0.39 is 10.0 Å². The Balaban J connectivity index is 1.67. The monoisotopic (exact) mass is 338 g/mol. The van der Waals surface area contributed by atoms with Crippen LogP contribution in [0.25, 0.3) is 0 Å². The van der Waals surface area contributed by atoms with E-state index in [4.69, 9.17) is 4.74 Å². The van der Waals surface area contributed by atoms with E-state index in [2.05, 4.69) is 36.1 Å².